The minimum absolute atomic E-state index is 0.0381. The Kier molecular flexibility index (Phi) is 3.84. The van der Waals surface area contributed by atoms with Crippen molar-refractivity contribution in [3.05, 3.63) is 16.0 Å². The van der Waals surface area contributed by atoms with Crippen LogP contribution in [0.25, 0.3) is 0 Å². The molecule has 3 N–H and O–H groups in total. The van der Waals surface area contributed by atoms with Gasteiger partial charge >= 0.3 is 5.97 Å². The van der Waals surface area contributed by atoms with E-state index in [1.165, 1.54) is 20.9 Å². The Morgan fingerprint density at radius 3 is 2.29 bits per heavy atom. The van der Waals surface area contributed by atoms with Gasteiger partial charge < -0.3 is 15.7 Å². The molecule has 0 fully saturated rings. The van der Waals surface area contributed by atoms with E-state index in [0.29, 0.717) is 5.56 Å². The van der Waals surface area contributed by atoms with Crippen LogP contribution in [-0.2, 0) is 4.79 Å². The van der Waals surface area contributed by atoms with Crippen LogP contribution in [-0.4, -0.2) is 29.9 Å². The molecule has 1 heterocycles. The maximum Gasteiger partial charge on any atom is 0.339 e. The molecule has 0 aliphatic heterocycles. The summed E-state index contributed by atoms with van der Waals surface area (Å²) in [6.07, 6.45) is 0. The molecule has 0 bridgehead atoms. The van der Waals surface area contributed by atoms with E-state index in [9.17, 15) is 14.4 Å². The smallest absolute Gasteiger partial charge is 0.339 e. The molecule has 0 atom stereocenters. The number of carbonyl (C=O) groups is 3. The standard InChI is InChI=1S/C10H12N2O4S/c1-4-6(10(15)16)9(12-5(2)13)17-7(4)8(14)11-3/h1-3H3,(H,11,14)(H,12,13)(H,15,16). The largest absolute Gasteiger partial charge is 0.478 e. The summed E-state index contributed by atoms with van der Waals surface area (Å²) in [4.78, 5) is 33.8. The Labute approximate surface area is 102 Å². The maximum atomic E-state index is 11.5. The first kappa shape index (κ1) is 13.2. The van der Waals surface area contributed by atoms with Crippen LogP contribution < -0.4 is 10.6 Å². The molecule has 1 aromatic heterocycles. The number of hydrogen-bond donors (Lipinski definition) is 3. The maximum absolute atomic E-state index is 11.5. The van der Waals surface area contributed by atoms with Gasteiger partial charge in [-0.1, -0.05) is 0 Å². The van der Waals surface area contributed by atoms with Crippen LogP contribution in [0.5, 0.6) is 0 Å². The van der Waals surface area contributed by atoms with Crippen LogP contribution in [0.4, 0.5) is 5.00 Å². The summed E-state index contributed by atoms with van der Waals surface area (Å²) in [5.74, 6) is -1.92. The third kappa shape index (κ3) is 2.62. The first-order valence-electron chi connectivity index (χ1n) is 4.74. The fourth-order valence-corrected chi connectivity index (χ4v) is 2.54. The lowest BCUT2D eigenvalue weighted by Gasteiger charge is -2.00. The lowest BCUT2D eigenvalue weighted by Crippen LogP contribution is -2.17. The van der Waals surface area contributed by atoms with Crippen molar-refractivity contribution in [2.24, 2.45) is 0 Å². The number of carboxylic acids is 1. The second-order valence-corrected chi connectivity index (χ2v) is 4.35. The molecule has 2 amide bonds. The number of aromatic carboxylic acids is 1. The second-order valence-electron chi connectivity index (χ2n) is 3.33. The summed E-state index contributed by atoms with van der Waals surface area (Å²) < 4.78 is 0. The van der Waals surface area contributed by atoms with Crippen molar-refractivity contribution in [1.29, 1.82) is 0 Å². The average Bonchev–Trinajstić information content (AvgIpc) is 2.53. The van der Waals surface area contributed by atoms with Crippen LogP contribution in [0.2, 0.25) is 0 Å². The average molecular weight is 256 g/mol. The number of carboxylic acid groups (broad SMARTS) is 1. The predicted octanol–water partition coefficient (Wildman–Crippen LogP) is 1.07. The lowest BCUT2D eigenvalue weighted by molar-refractivity contribution is -0.114. The van der Waals surface area contributed by atoms with Crippen LogP contribution in [0, 0.1) is 6.92 Å². The van der Waals surface area contributed by atoms with Gasteiger partial charge in [-0.15, -0.1) is 11.3 Å². The molecule has 0 aromatic carbocycles. The van der Waals surface area contributed by atoms with E-state index in [1.807, 2.05) is 0 Å². The molecule has 0 unspecified atom stereocenters. The molecule has 17 heavy (non-hydrogen) atoms. The van der Waals surface area contributed by atoms with Gasteiger partial charge in [-0.05, 0) is 12.5 Å². The van der Waals surface area contributed by atoms with E-state index in [-0.39, 0.29) is 27.3 Å². The Morgan fingerprint density at radius 2 is 1.88 bits per heavy atom. The molecular weight excluding hydrogens is 244 g/mol. The number of nitrogens with one attached hydrogen (secondary N) is 2. The van der Waals surface area contributed by atoms with Gasteiger partial charge in [-0.2, -0.15) is 0 Å². The van der Waals surface area contributed by atoms with Gasteiger partial charge in [0.15, 0.2) is 0 Å². The molecule has 0 aliphatic carbocycles. The fraction of sp³-hybridized carbons (Fsp3) is 0.300. The molecule has 0 saturated carbocycles. The number of hydrogen-bond acceptors (Lipinski definition) is 4. The molecule has 7 heteroatoms. The summed E-state index contributed by atoms with van der Waals surface area (Å²) in [6.45, 7) is 2.82. The highest BCUT2D eigenvalue weighted by Crippen LogP contribution is 2.32. The summed E-state index contributed by atoms with van der Waals surface area (Å²) >= 11 is 0.951. The molecule has 6 nitrogen and oxygen atoms in total. The van der Waals surface area contributed by atoms with Gasteiger partial charge in [-0.3, -0.25) is 9.59 Å². The highest BCUT2D eigenvalue weighted by molar-refractivity contribution is 7.18. The molecule has 0 aliphatic rings. The van der Waals surface area contributed by atoms with E-state index in [0.717, 1.165) is 11.3 Å². The first-order valence-corrected chi connectivity index (χ1v) is 5.56. The normalized spacial score (nSPS) is 9.82. The quantitative estimate of drug-likeness (QED) is 0.753. The third-order valence-electron chi connectivity index (χ3n) is 2.08. The van der Waals surface area contributed by atoms with Crippen LogP contribution in [0.1, 0.15) is 32.5 Å². The number of carbonyl (C=O) groups excluding carboxylic acids is 2. The summed E-state index contributed by atoms with van der Waals surface area (Å²) in [6, 6.07) is 0. The monoisotopic (exact) mass is 256 g/mol. The fourth-order valence-electron chi connectivity index (χ4n) is 1.35. The van der Waals surface area contributed by atoms with Gasteiger partial charge in [0, 0.05) is 14.0 Å². The molecule has 92 valence electrons. The van der Waals surface area contributed by atoms with Crippen molar-refractivity contribution >= 4 is 34.1 Å². The van der Waals surface area contributed by atoms with Gasteiger partial charge in [0.1, 0.15) is 5.00 Å². The zero-order valence-electron chi connectivity index (χ0n) is 9.58. The first-order chi connectivity index (χ1) is 7.88. The number of amides is 2. The minimum Gasteiger partial charge on any atom is -0.478 e. The van der Waals surface area contributed by atoms with Crippen molar-refractivity contribution in [1.82, 2.24) is 5.32 Å². The van der Waals surface area contributed by atoms with Crippen molar-refractivity contribution in [3.8, 4) is 0 Å². The number of thiophene rings is 1. The van der Waals surface area contributed by atoms with Gasteiger partial charge in [0.25, 0.3) is 5.91 Å². The van der Waals surface area contributed by atoms with Crippen molar-refractivity contribution in [2.75, 3.05) is 12.4 Å². The Morgan fingerprint density at radius 1 is 1.29 bits per heavy atom. The van der Waals surface area contributed by atoms with E-state index in [4.69, 9.17) is 5.11 Å². The van der Waals surface area contributed by atoms with Crippen LogP contribution in [0.15, 0.2) is 0 Å². The van der Waals surface area contributed by atoms with Crippen molar-refractivity contribution < 1.29 is 19.5 Å². The topological polar surface area (TPSA) is 95.5 Å². The second kappa shape index (κ2) is 4.96. The van der Waals surface area contributed by atoms with Crippen molar-refractivity contribution in [2.45, 2.75) is 13.8 Å². The van der Waals surface area contributed by atoms with Crippen LogP contribution in [0.3, 0.4) is 0 Å². The third-order valence-corrected chi connectivity index (χ3v) is 3.29. The van der Waals surface area contributed by atoms with E-state index < -0.39 is 5.97 Å². The van der Waals surface area contributed by atoms with E-state index in [2.05, 4.69) is 10.6 Å². The highest BCUT2D eigenvalue weighted by atomic mass is 32.1. The van der Waals surface area contributed by atoms with E-state index >= 15 is 0 Å². The number of anilines is 1. The van der Waals surface area contributed by atoms with Crippen molar-refractivity contribution in [3.63, 3.8) is 0 Å². The molecule has 0 radical (unpaired) electrons. The summed E-state index contributed by atoms with van der Waals surface area (Å²) in [7, 11) is 1.46. The zero-order chi connectivity index (χ0) is 13.2. The molecule has 0 saturated heterocycles. The van der Waals surface area contributed by atoms with Gasteiger partial charge in [0.05, 0.1) is 10.4 Å². The molecule has 1 rings (SSSR count). The predicted molar refractivity (Wildman–Crippen MR) is 63.7 cm³/mol. The molecule has 1 aromatic rings. The zero-order valence-corrected chi connectivity index (χ0v) is 10.4. The summed E-state index contributed by atoms with van der Waals surface area (Å²) in [5, 5.41) is 14.1. The SMILES string of the molecule is CNC(=O)c1sc(NC(C)=O)c(C(=O)O)c1C. The summed E-state index contributed by atoms with van der Waals surface area (Å²) in [5.41, 5.74) is 0.314. The highest BCUT2D eigenvalue weighted by Gasteiger charge is 2.24. The Hall–Kier alpha value is -1.89. The molecule has 0 spiro atoms. The van der Waals surface area contributed by atoms with E-state index in [1.54, 1.807) is 0 Å². The van der Waals surface area contributed by atoms with Crippen LogP contribution >= 0.6 is 11.3 Å². The minimum atomic E-state index is -1.17. The number of rotatable bonds is 3. The van der Waals surface area contributed by atoms with Gasteiger partial charge in [-0.25, -0.2) is 4.79 Å². The Bertz CT molecular complexity index is 493. The Balaban J connectivity index is 3.34. The lowest BCUT2D eigenvalue weighted by atomic mass is 10.1. The van der Waals surface area contributed by atoms with Gasteiger partial charge in [0.2, 0.25) is 5.91 Å². The molecular formula is C10H12N2O4S.